The van der Waals surface area contributed by atoms with Crippen molar-refractivity contribution in [2.45, 2.75) is 18.3 Å². The molecule has 0 aliphatic carbocycles. The largest absolute Gasteiger partial charge is 0.371 e. The molecule has 3 heteroatoms. The van der Waals surface area contributed by atoms with Crippen LogP contribution in [0.3, 0.4) is 0 Å². The van der Waals surface area contributed by atoms with E-state index in [1.165, 1.54) is 11.3 Å². The molecule has 0 aromatic heterocycles. The Hall–Kier alpha value is -0.150. The van der Waals surface area contributed by atoms with Gasteiger partial charge in [0.15, 0.2) is 0 Å². The number of thioether (sulfide) groups is 1. The van der Waals surface area contributed by atoms with Crippen molar-refractivity contribution in [3.63, 3.8) is 0 Å². The van der Waals surface area contributed by atoms with E-state index < -0.39 is 0 Å². The van der Waals surface area contributed by atoms with Crippen LogP contribution in [0.25, 0.3) is 0 Å². The molecule has 1 nitrogen and oxygen atoms in total. The maximum atomic E-state index is 3.46. The van der Waals surface area contributed by atoms with Gasteiger partial charge in [0.25, 0.3) is 0 Å². The van der Waals surface area contributed by atoms with E-state index in [0.717, 1.165) is 11.1 Å². The third-order valence-electron chi connectivity index (χ3n) is 2.57. The third-order valence-corrected chi connectivity index (χ3v) is 4.03. The van der Waals surface area contributed by atoms with Gasteiger partial charge in [0.05, 0.1) is 0 Å². The molecule has 84 valence electrons. The minimum Gasteiger partial charge on any atom is -0.371 e. The van der Waals surface area contributed by atoms with E-state index in [1.54, 1.807) is 0 Å². The molecule has 0 heterocycles. The van der Waals surface area contributed by atoms with E-state index in [0.29, 0.717) is 6.04 Å². The maximum absolute atomic E-state index is 3.46. The summed E-state index contributed by atoms with van der Waals surface area (Å²) in [5.41, 5.74) is 2.62. The number of rotatable bonds is 5. The summed E-state index contributed by atoms with van der Waals surface area (Å²) in [7, 11) is 2.16. The van der Waals surface area contributed by atoms with Crippen molar-refractivity contribution in [1.82, 2.24) is 0 Å². The lowest BCUT2D eigenvalue weighted by atomic mass is 10.2. The van der Waals surface area contributed by atoms with E-state index >= 15 is 0 Å². The predicted molar refractivity (Wildman–Crippen MR) is 75.3 cm³/mol. The van der Waals surface area contributed by atoms with Gasteiger partial charge in [-0.15, -0.1) is 0 Å². The highest BCUT2D eigenvalue weighted by Crippen LogP contribution is 2.18. The van der Waals surface area contributed by atoms with Gasteiger partial charge in [0.2, 0.25) is 0 Å². The summed E-state index contributed by atoms with van der Waals surface area (Å²) in [6.45, 7) is 2.26. The second kappa shape index (κ2) is 6.44. The number of alkyl halides is 1. The van der Waals surface area contributed by atoms with Gasteiger partial charge >= 0.3 is 0 Å². The molecule has 0 saturated heterocycles. The fourth-order valence-electron chi connectivity index (χ4n) is 1.43. The molecule has 0 spiro atoms. The molecule has 1 atom stereocenters. The van der Waals surface area contributed by atoms with Gasteiger partial charge in [-0.05, 0) is 30.9 Å². The molecular formula is C12H18BrNS. The van der Waals surface area contributed by atoms with Crippen LogP contribution >= 0.6 is 27.7 Å². The summed E-state index contributed by atoms with van der Waals surface area (Å²) >= 11 is 5.35. The Kier molecular flexibility index (Phi) is 5.54. The molecular weight excluding hydrogens is 270 g/mol. The van der Waals surface area contributed by atoms with Crippen molar-refractivity contribution in [3.8, 4) is 0 Å². The lowest BCUT2D eigenvalue weighted by molar-refractivity contribution is 0.765. The SMILES string of the molecule is CSCC(C)N(C)c1ccc(CBr)cc1. The van der Waals surface area contributed by atoms with Crippen LogP contribution in [0.2, 0.25) is 0 Å². The van der Waals surface area contributed by atoms with Gasteiger partial charge < -0.3 is 4.90 Å². The normalized spacial score (nSPS) is 12.5. The number of hydrogen-bond acceptors (Lipinski definition) is 2. The summed E-state index contributed by atoms with van der Waals surface area (Å²) in [5, 5.41) is 0.928. The van der Waals surface area contributed by atoms with Crippen molar-refractivity contribution in [1.29, 1.82) is 0 Å². The Balaban J connectivity index is 2.69. The Morgan fingerprint density at radius 3 is 2.40 bits per heavy atom. The summed E-state index contributed by atoms with van der Waals surface area (Å²) < 4.78 is 0. The predicted octanol–water partition coefficient (Wildman–Crippen LogP) is 3.77. The molecule has 1 unspecified atom stereocenters. The Morgan fingerprint density at radius 1 is 1.33 bits per heavy atom. The van der Waals surface area contributed by atoms with Crippen LogP contribution in [0, 0.1) is 0 Å². The Labute approximate surface area is 105 Å². The van der Waals surface area contributed by atoms with Crippen molar-refractivity contribution in [3.05, 3.63) is 29.8 Å². The van der Waals surface area contributed by atoms with Crippen molar-refractivity contribution < 1.29 is 0 Å². The molecule has 0 saturated carbocycles. The van der Waals surface area contributed by atoms with E-state index in [4.69, 9.17) is 0 Å². The fraction of sp³-hybridized carbons (Fsp3) is 0.500. The van der Waals surface area contributed by atoms with Crippen molar-refractivity contribution >= 4 is 33.4 Å². The Morgan fingerprint density at radius 2 is 1.93 bits per heavy atom. The van der Waals surface area contributed by atoms with Gasteiger partial charge in [-0.2, -0.15) is 11.8 Å². The fourth-order valence-corrected chi connectivity index (χ4v) is 2.51. The van der Waals surface area contributed by atoms with Crippen LogP contribution in [0.15, 0.2) is 24.3 Å². The minimum atomic E-state index is 0.579. The molecule has 1 rings (SSSR count). The van der Waals surface area contributed by atoms with Gasteiger partial charge in [0.1, 0.15) is 0 Å². The van der Waals surface area contributed by atoms with Crippen LogP contribution in [0.4, 0.5) is 5.69 Å². The van der Waals surface area contributed by atoms with Crippen LogP contribution in [0.1, 0.15) is 12.5 Å². The summed E-state index contributed by atoms with van der Waals surface area (Å²) in [6.07, 6.45) is 2.15. The smallest absolute Gasteiger partial charge is 0.0366 e. The van der Waals surface area contributed by atoms with Gasteiger partial charge in [-0.3, -0.25) is 0 Å². The molecule has 0 amide bonds. The maximum Gasteiger partial charge on any atom is 0.0366 e. The zero-order valence-electron chi connectivity index (χ0n) is 9.53. The average Bonchev–Trinajstić information content (AvgIpc) is 2.28. The third kappa shape index (κ3) is 3.72. The molecule has 0 bridgehead atoms. The van der Waals surface area contributed by atoms with Crippen LogP contribution in [-0.2, 0) is 5.33 Å². The number of halogens is 1. The number of anilines is 1. The summed E-state index contributed by atoms with van der Waals surface area (Å²) in [4.78, 5) is 2.33. The first kappa shape index (κ1) is 12.9. The molecule has 0 aliphatic rings. The van der Waals surface area contributed by atoms with E-state index in [2.05, 4.69) is 65.3 Å². The highest BCUT2D eigenvalue weighted by molar-refractivity contribution is 9.08. The molecule has 0 aliphatic heterocycles. The quantitative estimate of drug-likeness (QED) is 0.759. The summed E-state index contributed by atoms with van der Waals surface area (Å²) in [6, 6.07) is 9.30. The Bertz CT molecular complexity index is 286. The second-order valence-electron chi connectivity index (χ2n) is 3.72. The standard InChI is InChI=1S/C12H18BrNS/c1-10(9-15-3)14(2)12-6-4-11(8-13)5-7-12/h4-7,10H,8-9H2,1-3H3. The van der Waals surface area contributed by atoms with Gasteiger partial charge in [0, 0.05) is 29.9 Å². The van der Waals surface area contributed by atoms with E-state index in [-0.39, 0.29) is 0 Å². The van der Waals surface area contributed by atoms with E-state index in [9.17, 15) is 0 Å². The molecule has 0 N–H and O–H groups in total. The van der Waals surface area contributed by atoms with Crippen LogP contribution in [-0.4, -0.2) is 25.1 Å². The second-order valence-corrected chi connectivity index (χ2v) is 5.19. The average molecular weight is 288 g/mol. The van der Waals surface area contributed by atoms with Crippen molar-refractivity contribution in [2.75, 3.05) is 24.0 Å². The highest BCUT2D eigenvalue weighted by atomic mass is 79.9. The van der Waals surface area contributed by atoms with Crippen molar-refractivity contribution in [2.24, 2.45) is 0 Å². The molecule has 0 fully saturated rings. The first-order valence-electron chi connectivity index (χ1n) is 5.05. The van der Waals surface area contributed by atoms with Gasteiger partial charge in [-0.1, -0.05) is 28.1 Å². The number of benzene rings is 1. The summed E-state index contributed by atoms with van der Waals surface area (Å²) in [5.74, 6) is 1.16. The van der Waals surface area contributed by atoms with Crippen LogP contribution < -0.4 is 4.90 Å². The first-order valence-corrected chi connectivity index (χ1v) is 7.57. The molecule has 15 heavy (non-hydrogen) atoms. The zero-order chi connectivity index (χ0) is 11.3. The van der Waals surface area contributed by atoms with Crippen LogP contribution in [0.5, 0.6) is 0 Å². The monoisotopic (exact) mass is 287 g/mol. The van der Waals surface area contributed by atoms with Gasteiger partial charge in [-0.25, -0.2) is 0 Å². The zero-order valence-corrected chi connectivity index (χ0v) is 11.9. The minimum absolute atomic E-state index is 0.579. The molecule has 1 aromatic carbocycles. The van der Waals surface area contributed by atoms with E-state index in [1.807, 2.05) is 11.8 Å². The lowest BCUT2D eigenvalue weighted by Crippen LogP contribution is -2.30. The highest BCUT2D eigenvalue weighted by Gasteiger charge is 2.08. The number of hydrogen-bond donors (Lipinski definition) is 0. The topological polar surface area (TPSA) is 3.24 Å². The lowest BCUT2D eigenvalue weighted by Gasteiger charge is -2.26. The number of nitrogens with zero attached hydrogens (tertiary/aromatic N) is 1. The first-order chi connectivity index (χ1) is 7.19. The molecule has 0 radical (unpaired) electrons. The molecule has 1 aromatic rings.